The van der Waals surface area contributed by atoms with Crippen molar-refractivity contribution in [2.24, 2.45) is 0 Å². The molecule has 0 bridgehead atoms. The highest BCUT2D eigenvalue weighted by Gasteiger charge is 2.24. The first-order valence-electron chi connectivity index (χ1n) is 10.9. The summed E-state index contributed by atoms with van der Waals surface area (Å²) < 4.78 is 1.71. The summed E-state index contributed by atoms with van der Waals surface area (Å²) in [5.41, 5.74) is 12.5. The Bertz CT molecular complexity index is 1550. The number of nitrogens with zero attached hydrogens (tertiary/aromatic N) is 3. The summed E-state index contributed by atoms with van der Waals surface area (Å²) >= 11 is 0. The van der Waals surface area contributed by atoms with Crippen molar-refractivity contribution in [2.45, 2.75) is 20.4 Å². The molecule has 0 saturated heterocycles. The topological polar surface area (TPSA) is 103 Å². The summed E-state index contributed by atoms with van der Waals surface area (Å²) in [6.07, 6.45) is 0. The lowest BCUT2D eigenvalue weighted by Gasteiger charge is -2.09. The number of Topliss-reactive ketones (excluding diaryl/α,β-unsaturated/α-hetero) is 1. The second-order valence-corrected chi connectivity index (χ2v) is 8.25. The molecule has 2 heterocycles. The van der Waals surface area contributed by atoms with E-state index in [4.69, 9.17) is 15.7 Å². The first-order chi connectivity index (χ1) is 16.4. The number of para-hydroxylation sites is 2. The minimum atomic E-state index is -0.327. The van der Waals surface area contributed by atoms with E-state index in [2.05, 4.69) is 5.32 Å². The van der Waals surface area contributed by atoms with Gasteiger partial charge in [-0.2, -0.15) is 0 Å². The molecule has 0 spiro atoms. The molecule has 5 rings (SSSR count). The van der Waals surface area contributed by atoms with Gasteiger partial charge in [0.25, 0.3) is 5.91 Å². The number of aryl methyl sites for hydroxylation is 1. The van der Waals surface area contributed by atoms with E-state index in [-0.39, 0.29) is 23.1 Å². The van der Waals surface area contributed by atoms with Crippen molar-refractivity contribution in [1.82, 2.24) is 19.9 Å². The van der Waals surface area contributed by atoms with Gasteiger partial charge in [0, 0.05) is 17.8 Å². The van der Waals surface area contributed by atoms with Gasteiger partial charge in [0.05, 0.1) is 11.0 Å². The number of fused-ring (bicyclic) bond motifs is 2. The fourth-order valence-corrected chi connectivity index (χ4v) is 3.97. The van der Waals surface area contributed by atoms with Crippen LogP contribution in [-0.2, 0) is 6.54 Å². The van der Waals surface area contributed by atoms with Crippen molar-refractivity contribution in [3.8, 4) is 5.69 Å². The number of hydrogen-bond donors (Lipinski definition) is 2. The Morgan fingerprint density at radius 3 is 2.21 bits per heavy atom. The Morgan fingerprint density at radius 2 is 1.56 bits per heavy atom. The van der Waals surface area contributed by atoms with Crippen molar-refractivity contribution < 1.29 is 9.59 Å². The molecule has 34 heavy (non-hydrogen) atoms. The van der Waals surface area contributed by atoms with Crippen molar-refractivity contribution >= 4 is 39.7 Å². The highest BCUT2D eigenvalue weighted by molar-refractivity contribution is 6.11. The Kier molecular flexibility index (Phi) is 5.30. The molecule has 0 atom stereocenters. The Balaban J connectivity index is 1.63. The van der Waals surface area contributed by atoms with Crippen LogP contribution in [0.15, 0.2) is 72.8 Å². The van der Waals surface area contributed by atoms with Crippen LogP contribution in [0.1, 0.15) is 38.8 Å². The van der Waals surface area contributed by atoms with Crippen LogP contribution in [0.2, 0.25) is 0 Å². The Morgan fingerprint density at radius 1 is 0.912 bits per heavy atom. The number of anilines is 1. The second-order valence-electron chi connectivity index (χ2n) is 8.25. The number of ketones is 1. The van der Waals surface area contributed by atoms with Gasteiger partial charge in [-0.05, 0) is 55.8 Å². The van der Waals surface area contributed by atoms with Gasteiger partial charge in [-0.1, -0.05) is 42.0 Å². The van der Waals surface area contributed by atoms with Crippen LogP contribution in [0.3, 0.4) is 0 Å². The SMILES string of the molecule is CC(=O)c1ccc(-n2c(N)c(C(=O)NCc3ccc(C)cc3)c3nc4ccccc4nc32)cc1. The zero-order chi connectivity index (χ0) is 23.8. The van der Waals surface area contributed by atoms with Crippen molar-refractivity contribution in [3.63, 3.8) is 0 Å². The number of rotatable bonds is 5. The third kappa shape index (κ3) is 3.77. The number of carbonyl (C=O) groups excluding carboxylic acids is 2. The van der Waals surface area contributed by atoms with E-state index >= 15 is 0 Å². The molecule has 2 aromatic heterocycles. The van der Waals surface area contributed by atoms with Crippen LogP contribution in [0.5, 0.6) is 0 Å². The van der Waals surface area contributed by atoms with Crippen molar-refractivity contribution in [1.29, 1.82) is 0 Å². The molecule has 0 fully saturated rings. The van der Waals surface area contributed by atoms with E-state index in [1.54, 1.807) is 28.8 Å². The molecule has 0 radical (unpaired) electrons. The average Bonchev–Trinajstić information content (AvgIpc) is 3.12. The largest absolute Gasteiger partial charge is 0.384 e. The molecule has 1 amide bonds. The van der Waals surface area contributed by atoms with Gasteiger partial charge in [-0.25, -0.2) is 9.97 Å². The van der Waals surface area contributed by atoms with Gasteiger partial charge >= 0.3 is 0 Å². The second kappa shape index (κ2) is 8.44. The molecule has 7 nitrogen and oxygen atoms in total. The number of benzene rings is 3. The van der Waals surface area contributed by atoms with E-state index in [0.29, 0.717) is 40.0 Å². The van der Waals surface area contributed by atoms with Crippen LogP contribution >= 0.6 is 0 Å². The molecule has 0 aliphatic heterocycles. The molecular formula is C27H23N5O2. The molecule has 5 aromatic rings. The Hall–Kier alpha value is -4.52. The number of nitrogens with two attached hydrogens (primary N) is 1. The summed E-state index contributed by atoms with van der Waals surface area (Å²) in [6, 6.07) is 22.5. The van der Waals surface area contributed by atoms with Gasteiger partial charge in [0.2, 0.25) is 0 Å². The lowest BCUT2D eigenvalue weighted by atomic mass is 10.1. The molecule has 0 aliphatic rings. The lowest BCUT2D eigenvalue weighted by Crippen LogP contribution is -2.24. The highest BCUT2D eigenvalue weighted by atomic mass is 16.1. The van der Waals surface area contributed by atoms with Crippen molar-refractivity contribution in [3.05, 3.63) is 95.1 Å². The van der Waals surface area contributed by atoms with E-state index in [1.807, 2.05) is 55.5 Å². The number of nitrogen functional groups attached to an aromatic ring is 1. The highest BCUT2D eigenvalue weighted by Crippen LogP contribution is 2.31. The fourth-order valence-electron chi connectivity index (χ4n) is 3.97. The Labute approximate surface area is 196 Å². The van der Waals surface area contributed by atoms with Gasteiger partial charge in [0.15, 0.2) is 11.4 Å². The molecule has 0 saturated carbocycles. The molecule has 3 N–H and O–H groups in total. The van der Waals surface area contributed by atoms with Gasteiger partial charge in [-0.3, -0.25) is 14.2 Å². The summed E-state index contributed by atoms with van der Waals surface area (Å²) in [6.45, 7) is 3.89. The zero-order valence-electron chi connectivity index (χ0n) is 18.9. The van der Waals surface area contributed by atoms with Crippen LogP contribution < -0.4 is 11.1 Å². The maximum atomic E-state index is 13.3. The molecular weight excluding hydrogens is 426 g/mol. The summed E-state index contributed by atoms with van der Waals surface area (Å²) in [5.74, 6) is -0.118. The first kappa shape index (κ1) is 21.3. The number of aromatic nitrogens is 3. The first-order valence-corrected chi connectivity index (χ1v) is 10.9. The summed E-state index contributed by atoms with van der Waals surface area (Å²) in [7, 11) is 0. The predicted octanol–water partition coefficient (Wildman–Crippen LogP) is 4.60. The molecule has 168 valence electrons. The van der Waals surface area contributed by atoms with Crippen molar-refractivity contribution in [2.75, 3.05) is 5.73 Å². The standard InChI is InChI=1S/C27H23N5O2/c1-16-7-9-18(10-8-16)15-29-27(34)23-24-26(31-22-6-4-3-5-21(22)30-24)32(25(23)28)20-13-11-19(12-14-20)17(2)33/h3-14H,15,28H2,1-2H3,(H,29,34). The van der Waals surface area contributed by atoms with E-state index in [0.717, 1.165) is 11.1 Å². The van der Waals surface area contributed by atoms with E-state index in [1.165, 1.54) is 6.92 Å². The van der Waals surface area contributed by atoms with Crippen LogP contribution in [0, 0.1) is 6.92 Å². The molecule has 3 aromatic carbocycles. The minimum Gasteiger partial charge on any atom is -0.384 e. The smallest absolute Gasteiger partial charge is 0.257 e. The fraction of sp³-hybridized carbons (Fsp3) is 0.111. The number of hydrogen-bond acceptors (Lipinski definition) is 5. The van der Waals surface area contributed by atoms with E-state index < -0.39 is 0 Å². The lowest BCUT2D eigenvalue weighted by molar-refractivity contribution is 0.0952. The normalized spacial score (nSPS) is 11.1. The molecule has 0 unspecified atom stereocenters. The molecule has 7 heteroatoms. The van der Waals surface area contributed by atoms with Crippen LogP contribution in [0.4, 0.5) is 5.82 Å². The monoisotopic (exact) mass is 449 g/mol. The number of amides is 1. The summed E-state index contributed by atoms with van der Waals surface area (Å²) in [4.78, 5) is 34.6. The van der Waals surface area contributed by atoms with Gasteiger partial charge in [0.1, 0.15) is 16.9 Å². The van der Waals surface area contributed by atoms with Crippen LogP contribution in [0.25, 0.3) is 27.9 Å². The maximum Gasteiger partial charge on any atom is 0.257 e. The predicted molar refractivity (Wildman–Crippen MR) is 133 cm³/mol. The average molecular weight is 450 g/mol. The number of nitrogens with one attached hydrogen (secondary N) is 1. The zero-order valence-corrected chi connectivity index (χ0v) is 18.9. The van der Waals surface area contributed by atoms with Gasteiger partial charge in [-0.15, -0.1) is 0 Å². The maximum absolute atomic E-state index is 13.3. The van der Waals surface area contributed by atoms with Gasteiger partial charge < -0.3 is 11.1 Å². The number of carbonyl (C=O) groups is 2. The minimum absolute atomic E-state index is 0.0288. The third-order valence-corrected chi connectivity index (χ3v) is 5.83. The quantitative estimate of drug-likeness (QED) is 0.382. The summed E-state index contributed by atoms with van der Waals surface area (Å²) in [5, 5.41) is 2.96. The van der Waals surface area contributed by atoms with E-state index in [9.17, 15) is 9.59 Å². The van der Waals surface area contributed by atoms with Crippen LogP contribution in [-0.4, -0.2) is 26.2 Å². The molecule has 0 aliphatic carbocycles. The third-order valence-electron chi connectivity index (χ3n) is 5.83.